The monoisotopic (exact) mass is 346 g/mol. The summed E-state index contributed by atoms with van der Waals surface area (Å²) in [7, 11) is 0. The second-order valence-corrected chi connectivity index (χ2v) is 6.58. The van der Waals surface area contributed by atoms with E-state index in [0.717, 1.165) is 20.4 Å². The number of amides is 1. The average Bonchev–Trinajstić information content (AvgIpc) is 2.81. The molecule has 2 aromatic rings. The lowest BCUT2D eigenvalue weighted by molar-refractivity contribution is -0.115. The molecule has 2 N–H and O–H groups in total. The highest BCUT2D eigenvalue weighted by Crippen LogP contribution is 2.28. The zero-order chi connectivity index (χ0) is 15.5. The van der Waals surface area contributed by atoms with Crippen LogP contribution in [0.1, 0.15) is 5.56 Å². The molecule has 0 radical (unpaired) electrons. The molecule has 0 spiro atoms. The second-order valence-electron chi connectivity index (χ2n) is 4.59. The van der Waals surface area contributed by atoms with Crippen LogP contribution in [0.2, 0.25) is 5.02 Å². The summed E-state index contributed by atoms with van der Waals surface area (Å²) >= 11 is 12.4. The Balaban J connectivity index is 1.73. The molecule has 0 saturated carbocycles. The molecular weight excluding hydrogens is 336 g/mol. The van der Waals surface area contributed by atoms with Crippen molar-refractivity contribution in [2.24, 2.45) is 0 Å². The maximum absolute atomic E-state index is 11.6. The number of benzene rings is 2. The molecule has 2 aromatic carbocycles. The van der Waals surface area contributed by atoms with Crippen LogP contribution in [0.3, 0.4) is 0 Å². The van der Waals surface area contributed by atoms with Crippen molar-refractivity contribution in [3.63, 3.8) is 0 Å². The smallest absolute Gasteiger partial charge is 0.273 e. The Kier molecular flexibility index (Phi) is 4.47. The van der Waals surface area contributed by atoms with Gasteiger partial charge in [-0.1, -0.05) is 35.5 Å². The number of rotatable bonds is 3. The van der Waals surface area contributed by atoms with Crippen molar-refractivity contribution >= 4 is 52.7 Å². The van der Waals surface area contributed by atoms with E-state index in [2.05, 4.69) is 10.6 Å². The molecule has 3 rings (SSSR count). The van der Waals surface area contributed by atoms with Gasteiger partial charge in [-0.05, 0) is 60.3 Å². The Hall–Kier alpha value is -1.82. The fourth-order valence-electron chi connectivity index (χ4n) is 1.92. The molecule has 6 heteroatoms. The SMILES string of the molecule is O=C1NC(=S)N/C1=C/c1ccc(Sc2ccc(Cl)cc2)cc1. The highest BCUT2D eigenvalue weighted by atomic mass is 35.5. The third kappa shape index (κ3) is 3.68. The quantitative estimate of drug-likeness (QED) is 0.654. The van der Waals surface area contributed by atoms with Crippen molar-refractivity contribution < 1.29 is 4.79 Å². The topological polar surface area (TPSA) is 41.1 Å². The average molecular weight is 347 g/mol. The van der Waals surface area contributed by atoms with Crippen LogP contribution in [0, 0.1) is 0 Å². The minimum Gasteiger partial charge on any atom is -0.328 e. The molecule has 0 unspecified atom stereocenters. The third-order valence-electron chi connectivity index (χ3n) is 2.96. The standard InChI is InChI=1S/C16H11ClN2OS2/c17-11-3-7-13(8-4-11)22-12-5-1-10(2-6-12)9-14-15(20)19-16(21)18-14/h1-9H,(H2,18,19,20,21)/b14-9+. The van der Waals surface area contributed by atoms with Gasteiger partial charge in [0, 0.05) is 14.8 Å². The Morgan fingerprint density at radius 2 is 1.55 bits per heavy atom. The highest BCUT2D eigenvalue weighted by molar-refractivity contribution is 7.99. The summed E-state index contributed by atoms with van der Waals surface area (Å²) in [5.41, 5.74) is 1.39. The van der Waals surface area contributed by atoms with Gasteiger partial charge in [-0.3, -0.25) is 10.1 Å². The number of hydrogen-bond acceptors (Lipinski definition) is 3. The molecule has 1 fully saturated rings. The normalized spacial score (nSPS) is 15.8. The van der Waals surface area contributed by atoms with Crippen molar-refractivity contribution in [3.05, 3.63) is 64.8 Å². The van der Waals surface area contributed by atoms with Crippen LogP contribution >= 0.6 is 35.6 Å². The summed E-state index contributed by atoms with van der Waals surface area (Å²) in [5.74, 6) is -0.204. The first-order valence-corrected chi connectivity index (χ1v) is 8.08. The number of thiocarbonyl (C=S) groups is 1. The van der Waals surface area contributed by atoms with Gasteiger partial charge in [0.1, 0.15) is 5.70 Å². The fourth-order valence-corrected chi connectivity index (χ4v) is 3.07. The van der Waals surface area contributed by atoms with Crippen molar-refractivity contribution in [1.82, 2.24) is 10.6 Å². The highest BCUT2D eigenvalue weighted by Gasteiger charge is 2.19. The second kappa shape index (κ2) is 6.52. The minimum absolute atomic E-state index is 0.204. The largest absolute Gasteiger partial charge is 0.328 e. The van der Waals surface area contributed by atoms with Crippen LogP contribution in [0.25, 0.3) is 6.08 Å². The van der Waals surface area contributed by atoms with Gasteiger partial charge in [-0.25, -0.2) is 0 Å². The summed E-state index contributed by atoms with van der Waals surface area (Å²) in [4.78, 5) is 13.8. The molecule has 1 heterocycles. The summed E-state index contributed by atoms with van der Waals surface area (Å²) in [6.45, 7) is 0. The Morgan fingerprint density at radius 3 is 2.09 bits per heavy atom. The predicted molar refractivity (Wildman–Crippen MR) is 93.9 cm³/mol. The molecule has 3 nitrogen and oxygen atoms in total. The van der Waals surface area contributed by atoms with Gasteiger partial charge < -0.3 is 5.32 Å². The molecule has 0 aliphatic carbocycles. The maximum atomic E-state index is 11.6. The summed E-state index contributed by atoms with van der Waals surface area (Å²) in [5, 5.41) is 6.43. The lowest BCUT2D eigenvalue weighted by Gasteiger charge is -2.03. The first kappa shape index (κ1) is 15.1. The van der Waals surface area contributed by atoms with E-state index in [-0.39, 0.29) is 5.91 Å². The van der Waals surface area contributed by atoms with Crippen LogP contribution in [0.15, 0.2) is 64.0 Å². The zero-order valence-corrected chi connectivity index (χ0v) is 13.7. The Bertz CT molecular complexity index is 755. The zero-order valence-electron chi connectivity index (χ0n) is 11.3. The van der Waals surface area contributed by atoms with Gasteiger partial charge >= 0.3 is 0 Å². The number of halogens is 1. The van der Waals surface area contributed by atoms with Gasteiger partial charge in [0.25, 0.3) is 5.91 Å². The third-order valence-corrected chi connectivity index (χ3v) is 4.43. The Morgan fingerprint density at radius 1 is 0.955 bits per heavy atom. The molecule has 0 bridgehead atoms. The number of hydrogen-bond donors (Lipinski definition) is 2. The van der Waals surface area contributed by atoms with E-state index in [9.17, 15) is 4.79 Å². The van der Waals surface area contributed by atoms with Crippen molar-refractivity contribution in [2.45, 2.75) is 9.79 Å². The van der Waals surface area contributed by atoms with Crippen LogP contribution in [-0.4, -0.2) is 11.0 Å². The van der Waals surface area contributed by atoms with E-state index in [1.54, 1.807) is 17.8 Å². The van der Waals surface area contributed by atoms with Crippen molar-refractivity contribution in [1.29, 1.82) is 0 Å². The van der Waals surface area contributed by atoms with Crippen LogP contribution in [0.4, 0.5) is 0 Å². The molecular formula is C16H11ClN2OS2. The fraction of sp³-hybridized carbons (Fsp3) is 0. The van der Waals surface area contributed by atoms with E-state index < -0.39 is 0 Å². The first-order valence-electron chi connectivity index (χ1n) is 6.48. The first-order chi connectivity index (χ1) is 10.6. The molecule has 0 aromatic heterocycles. The number of carbonyl (C=O) groups is 1. The number of carbonyl (C=O) groups excluding carboxylic acids is 1. The van der Waals surface area contributed by atoms with Crippen molar-refractivity contribution in [3.8, 4) is 0 Å². The molecule has 0 atom stereocenters. The maximum Gasteiger partial charge on any atom is 0.273 e. The lowest BCUT2D eigenvalue weighted by Crippen LogP contribution is -2.21. The van der Waals surface area contributed by atoms with Crippen molar-refractivity contribution in [2.75, 3.05) is 0 Å². The van der Waals surface area contributed by atoms with Gasteiger partial charge in [0.15, 0.2) is 5.11 Å². The molecule has 1 saturated heterocycles. The number of nitrogens with one attached hydrogen (secondary N) is 2. The van der Waals surface area contributed by atoms with Gasteiger partial charge in [0.05, 0.1) is 0 Å². The van der Waals surface area contributed by atoms with E-state index >= 15 is 0 Å². The minimum atomic E-state index is -0.204. The Labute approximate surface area is 142 Å². The predicted octanol–water partition coefficient (Wildman–Crippen LogP) is 3.84. The summed E-state index contributed by atoms with van der Waals surface area (Å²) in [6, 6.07) is 15.6. The van der Waals surface area contributed by atoms with Crippen LogP contribution in [0.5, 0.6) is 0 Å². The van der Waals surface area contributed by atoms with Crippen LogP contribution in [-0.2, 0) is 4.79 Å². The molecule has 1 amide bonds. The molecule has 1 aliphatic rings. The van der Waals surface area contributed by atoms with E-state index in [1.807, 2.05) is 48.5 Å². The van der Waals surface area contributed by atoms with Crippen LogP contribution < -0.4 is 10.6 Å². The molecule has 110 valence electrons. The van der Waals surface area contributed by atoms with E-state index in [4.69, 9.17) is 23.8 Å². The molecule has 1 aliphatic heterocycles. The molecule has 22 heavy (non-hydrogen) atoms. The van der Waals surface area contributed by atoms with Gasteiger partial charge in [0.2, 0.25) is 0 Å². The van der Waals surface area contributed by atoms with E-state index in [0.29, 0.717) is 10.8 Å². The van der Waals surface area contributed by atoms with Gasteiger partial charge in [-0.15, -0.1) is 0 Å². The lowest BCUT2D eigenvalue weighted by atomic mass is 10.2. The van der Waals surface area contributed by atoms with E-state index in [1.165, 1.54) is 0 Å². The van der Waals surface area contributed by atoms with Gasteiger partial charge in [-0.2, -0.15) is 0 Å². The summed E-state index contributed by atoms with van der Waals surface area (Å²) < 4.78 is 0. The summed E-state index contributed by atoms with van der Waals surface area (Å²) in [6.07, 6.45) is 1.77.